The van der Waals surface area contributed by atoms with E-state index in [4.69, 9.17) is 34.3 Å². The van der Waals surface area contributed by atoms with Crippen LogP contribution in [0.25, 0.3) is 0 Å². The molecule has 0 bridgehead atoms. The van der Waals surface area contributed by atoms with Crippen molar-refractivity contribution in [3.8, 4) is 5.75 Å². The van der Waals surface area contributed by atoms with Crippen molar-refractivity contribution < 1.29 is 4.74 Å². The lowest BCUT2D eigenvalue weighted by atomic mass is 10.2. The molecule has 2 aromatic rings. The molecule has 0 atom stereocenters. The molecule has 0 fully saturated rings. The standard InChI is InChI=1S/C14H12BrClN2OS/c1-19-13-7-9(3-5-11(13)15)18-8-2-4-10(14(17)20)12(16)6-8/h2-7,18H,1H3,(H2,17,20). The van der Waals surface area contributed by atoms with Gasteiger partial charge in [-0.3, -0.25) is 0 Å². The number of benzene rings is 2. The number of rotatable bonds is 4. The van der Waals surface area contributed by atoms with E-state index in [1.165, 1.54) is 0 Å². The van der Waals surface area contributed by atoms with Crippen molar-refractivity contribution in [3.63, 3.8) is 0 Å². The maximum Gasteiger partial charge on any atom is 0.135 e. The van der Waals surface area contributed by atoms with Crippen LogP contribution in [0.5, 0.6) is 5.75 Å². The summed E-state index contributed by atoms with van der Waals surface area (Å²) >= 11 is 14.5. The van der Waals surface area contributed by atoms with Crippen molar-refractivity contribution >= 4 is 56.1 Å². The van der Waals surface area contributed by atoms with Gasteiger partial charge in [0.2, 0.25) is 0 Å². The molecule has 3 N–H and O–H groups in total. The van der Waals surface area contributed by atoms with Gasteiger partial charge in [0.1, 0.15) is 10.7 Å². The molecule has 6 heteroatoms. The van der Waals surface area contributed by atoms with E-state index in [9.17, 15) is 0 Å². The number of hydrogen-bond donors (Lipinski definition) is 2. The first-order valence-electron chi connectivity index (χ1n) is 5.71. The third-order valence-electron chi connectivity index (χ3n) is 2.67. The Morgan fingerprint density at radius 1 is 1.25 bits per heavy atom. The van der Waals surface area contributed by atoms with Crippen molar-refractivity contribution in [2.45, 2.75) is 0 Å². The molecule has 0 heterocycles. The molecule has 0 aliphatic heterocycles. The highest BCUT2D eigenvalue weighted by Gasteiger charge is 2.06. The molecule has 3 nitrogen and oxygen atoms in total. The minimum absolute atomic E-state index is 0.284. The van der Waals surface area contributed by atoms with Crippen molar-refractivity contribution in [3.05, 3.63) is 51.5 Å². The number of halogens is 2. The molecule has 0 radical (unpaired) electrons. The lowest BCUT2D eigenvalue weighted by molar-refractivity contribution is 0.412. The summed E-state index contributed by atoms with van der Waals surface area (Å²) < 4.78 is 6.15. The summed E-state index contributed by atoms with van der Waals surface area (Å²) in [5.74, 6) is 0.751. The van der Waals surface area contributed by atoms with Gasteiger partial charge in [-0.05, 0) is 46.3 Å². The Morgan fingerprint density at radius 3 is 2.50 bits per heavy atom. The maximum atomic E-state index is 6.13. The number of methoxy groups -OCH3 is 1. The summed E-state index contributed by atoms with van der Waals surface area (Å²) in [6, 6.07) is 11.2. The van der Waals surface area contributed by atoms with E-state index in [-0.39, 0.29) is 4.99 Å². The monoisotopic (exact) mass is 370 g/mol. The fourth-order valence-electron chi connectivity index (χ4n) is 1.70. The van der Waals surface area contributed by atoms with Gasteiger partial charge in [-0.2, -0.15) is 0 Å². The van der Waals surface area contributed by atoms with Gasteiger partial charge in [0.05, 0.1) is 16.6 Å². The quantitative estimate of drug-likeness (QED) is 0.777. The van der Waals surface area contributed by atoms with Crippen molar-refractivity contribution in [1.82, 2.24) is 0 Å². The number of nitrogens with one attached hydrogen (secondary N) is 1. The van der Waals surface area contributed by atoms with E-state index >= 15 is 0 Å². The van der Waals surface area contributed by atoms with Gasteiger partial charge in [-0.1, -0.05) is 23.8 Å². The Kier molecular flexibility index (Phi) is 4.86. The highest BCUT2D eigenvalue weighted by atomic mass is 79.9. The Bertz CT molecular complexity index is 664. The van der Waals surface area contributed by atoms with Crippen LogP contribution >= 0.6 is 39.7 Å². The smallest absolute Gasteiger partial charge is 0.135 e. The first-order chi connectivity index (χ1) is 9.51. The number of anilines is 2. The lowest BCUT2D eigenvalue weighted by Crippen LogP contribution is -2.09. The molecule has 2 rings (SSSR count). The molecule has 0 aliphatic carbocycles. The van der Waals surface area contributed by atoms with Gasteiger partial charge in [0.15, 0.2) is 0 Å². The van der Waals surface area contributed by atoms with E-state index in [2.05, 4.69) is 21.2 Å². The van der Waals surface area contributed by atoms with Crippen molar-refractivity contribution in [1.29, 1.82) is 0 Å². The number of nitrogens with two attached hydrogens (primary N) is 1. The van der Waals surface area contributed by atoms with Crippen LogP contribution in [-0.2, 0) is 0 Å². The SMILES string of the molecule is COc1cc(Nc2ccc(C(N)=S)c(Cl)c2)ccc1Br. The topological polar surface area (TPSA) is 47.3 Å². The van der Waals surface area contributed by atoms with Crippen molar-refractivity contribution in [2.75, 3.05) is 12.4 Å². The molecule has 0 aliphatic rings. The fraction of sp³-hybridized carbons (Fsp3) is 0.0714. The number of thiocarbonyl (C=S) groups is 1. The average Bonchev–Trinajstić information content (AvgIpc) is 2.40. The zero-order valence-corrected chi connectivity index (χ0v) is 13.8. The van der Waals surface area contributed by atoms with Crippen LogP contribution in [0.1, 0.15) is 5.56 Å². The van der Waals surface area contributed by atoms with E-state index in [0.29, 0.717) is 10.6 Å². The van der Waals surface area contributed by atoms with Gasteiger partial charge in [0.25, 0.3) is 0 Å². The Morgan fingerprint density at radius 2 is 1.90 bits per heavy atom. The van der Waals surface area contributed by atoms with Crippen LogP contribution in [0.15, 0.2) is 40.9 Å². The zero-order valence-electron chi connectivity index (χ0n) is 10.6. The minimum Gasteiger partial charge on any atom is -0.495 e. The predicted octanol–water partition coefficient (Wildman–Crippen LogP) is 4.49. The Balaban J connectivity index is 2.26. The highest BCUT2D eigenvalue weighted by molar-refractivity contribution is 9.10. The largest absolute Gasteiger partial charge is 0.495 e. The van der Waals surface area contributed by atoms with Gasteiger partial charge in [-0.25, -0.2) is 0 Å². The third-order valence-corrected chi connectivity index (χ3v) is 3.86. The van der Waals surface area contributed by atoms with Gasteiger partial charge in [0, 0.05) is 23.0 Å². The van der Waals surface area contributed by atoms with Crippen LogP contribution in [0.3, 0.4) is 0 Å². The summed E-state index contributed by atoms with van der Waals surface area (Å²) in [5.41, 5.74) is 7.98. The Labute approximate surface area is 136 Å². The average molecular weight is 372 g/mol. The predicted molar refractivity (Wildman–Crippen MR) is 91.3 cm³/mol. The Hall–Kier alpha value is -1.30. The van der Waals surface area contributed by atoms with Gasteiger partial charge >= 0.3 is 0 Å². The van der Waals surface area contributed by atoms with Gasteiger partial charge < -0.3 is 15.8 Å². The second kappa shape index (κ2) is 6.43. The summed E-state index contributed by atoms with van der Waals surface area (Å²) in [7, 11) is 1.62. The molecule has 0 saturated heterocycles. The fourth-order valence-corrected chi connectivity index (χ4v) is 2.62. The van der Waals surface area contributed by atoms with E-state index in [1.807, 2.05) is 24.3 Å². The molecule has 0 saturated carbocycles. The lowest BCUT2D eigenvalue weighted by Gasteiger charge is -2.11. The van der Waals surface area contributed by atoms with E-state index in [0.717, 1.165) is 21.6 Å². The van der Waals surface area contributed by atoms with Gasteiger partial charge in [-0.15, -0.1) is 0 Å². The van der Waals surface area contributed by atoms with Crippen LogP contribution in [0.4, 0.5) is 11.4 Å². The summed E-state index contributed by atoms with van der Waals surface area (Å²) in [4.78, 5) is 0.284. The minimum atomic E-state index is 0.284. The first-order valence-corrected chi connectivity index (χ1v) is 7.29. The van der Waals surface area contributed by atoms with Crippen LogP contribution in [0.2, 0.25) is 5.02 Å². The molecule has 0 aromatic heterocycles. The number of ether oxygens (including phenoxy) is 1. The van der Waals surface area contributed by atoms with Crippen LogP contribution < -0.4 is 15.8 Å². The normalized spacial score (nSPS) is 10.2. The van der Waals surface area contributed by atoms with E-state index < -0.39 is 0 Å². The first kappa shape index (κ1) is 15.1. The molecule has 0 amide bonds. The van der Waals surface area contributed by atoms with E-state index in [1.54, 1.807) is 19.2 Å². The molecule has 0 spiro atoms. The molecule has 0 unspecified atom stereocenters. The zero-order chi connectivity index (χ0) is 14.7. The highest BCUT2D eigenvalue weighted by Crippen LogP contribution is 2.30. The molecule has 20 heavy (non-hydrogen) atoms. The second-order valence-electron chi connectivity index (χ2n) is 4.03. The summed E-state index contributed by atoms with van der Waals surface area (Å²) in [6.45, 7) is 0. The summed E-state index contributed by atoms with van der Waals surface area (Å²) in [6.07, 6.45) is 0. The second-order valence-corrected chi connectivity index (χ2v) is 5.73. The molecule has 104 valence electrons. The summed E-state index contributed by atoms with van der Waals surface area (Å²) in [5, 5.41) is 3.76. The van der Waals surface area contributed by atoms with Crippen LogP contribution in [-0.4, -0.2) is 12.1 Å². The number of hydrogen-bond acceptors (Lipinski definition) is 3. The molecular weight excluding hydrogens is 360 g/mol. The van der Waals surface area contributed by atoms with Crippen LogP contribution in [0, 0.1) is 0 Å². The molecule has 2 aromatic carbocycles. The third kappa shape index (κ3) is 3.42. The maximum absolute atomic E-state index is 6.13. The molecular formula is C14H12BrClN2OS. The van der Waals surface area contributed by atoms with Crippen molar-refractivity contribution in [2.24, 2.45) is 5.73 Å².